The Hall–Kier alpha value is -1.44. The summed E-state index contributed by atoms with van der Waals surface area (Å²) in [6, 6.07) is 5.58. The molecular formula is C14H19NO5S. The van der Waals surface area contributed by atoms with Crippen LogP contribution in [-0.2, 0) is 14.6 Å². The minimum absolute atomic E-state index is 0.00637. The fourth-order valence-corrected chi connectivity index (χ4v) is 3.55. The first-order chi connectivity index (χ1) is 9.90. The van der Waals surface area contributed by atoms with Crippen LogP contribution in [0.1, 0.15) is 16.8 Å². The Morgan fingerprint density at radius 2 is 2.05 bits per heavy atom. The van der Waals surface area contributed by atoms with Gasteiger partial charge in [0.15, 0.2) is 9.84 Å². The number of hydrogen-bond donors (Lipinski definition) is 1. The summed E-state index contributed by atoms with van der Waals surface area (Å²) >= 11 is 0. The summed E-state index contributed by atoms with van der Waals surface area (Å²) in [5, 5.41) is 8.81. The molecule has 0 radical (unpaired) electrons. The Morgan fingerprint density at radius 3 is 2.57 bits per heavy atom. The van der Waals surface area contributed by atoms with Crippen molar-refractivity contribution in [1.29, 1.82) is 0 Å². The van der Waals surface area contributed by atoms with E-state index in [1.54, 1.807) is 0 Å². The van der Waals surface area contributed by atoms with E-state index in [0.717, 1.165) is 13.0 Å². The van der Waals surface area contributed by atoms with Crippen LogP contribution in [0.3, 0.4) is 0 Å². The van der Waals surface area contributed by atoms with Gasteiger partial charge in [-0.25, -0.2) is 13.2 Å². The number of carbonyl (C=O) groups is 1. The lowest BCUT2D eigenvalue weighted by atomic mass is 10.2. The van der Waals surface area contributed by atoms with E-state index in [1.165, 1.54) is 24.3 Å². The summed E-state index contributed by atoms with van der Waals surface area (Å²) in [4.78, 5) is 12.9. The van der Waals surface area contributed by atoms with Gasteiger partial charge in [-0.2, -0.15) is 0 Å². The van der Waals surface area contributed by atoms with E-state index >= 15 is 0 Å². The molecule has 116 valence electrons. The minimum atomic E-state index is -3.40. The van der Waals surface area contributed by atoms with Crippen LogP contribution in [0, 0.1) is 0 Å². The average molecular weight is 313 g/mol. The number of likely N-dealkylation sites (N-methyl/N-ethyl adjacent to an activating group) is 1. The van der Waals surface area contributed by atoms with E-state index in [0.29, 0.717) is 13.2 Å². The molecule has 0 aliphatic carbocycles. The maximum atomic E-state index is 12.2. The number of sulfone groups is 1. The second-order valence-corrected chi connectivity index (χ2v) is 7.26. The molecule has 7 heteroatoms. The van der Waals surface area contributed by atoms with Gasteiger partial charge in [0.1, 0.15) is 0 Å². The lowest BCUT2D eigenvalue weighted by molar-refractivity contribution is 0.0696. The SMILES string of the molecule is CN(CCS(=O)(=O)c1ccc(C(=O)O)cc1)C1CCOC1. The molecule has 0 spiro atoms. The van der Waals surface area contributed by atoms with Crippen LogP contribution in [0.5, 0.6) is 0 Å². The van der Waals surface area contributed by atoms with Crippen LogP contribution in [0.2, 0.25) is 0 Å². The molecule has 1 N–H and O–H groups in total. The third kappa shape index (κ3) is 4.03. The lowest BCUT2D eigenvalue weighted by Crippen LogP contribution is -2.35. The maximum Gasteiger partial charge on any atom is 0.335 e. The molecule has 1 unspecified atom stereocenters. The molecule has 1 aromatic carbocycles. The second kappa shape index (κ2) is 6.55. The van der Waals surface area contributed by atoms with Gasteiger partial charge in [-0.15, -0.1) is 0 Å². The number of aromatic carboxylic acids is 1. The van der Waals surface area contributed by atoms with Crippen LogP contribution in [0.4, 0.5) is 0 Å². The number of hydrogen-bond acceptors (Lipinski definition) is 5. The Kier molecular flexibility index (Phi) is 4.97. The van der Waals surface area contributed by atoms with Crippen molar-refractivity contribution in [3.63, 3.8) is 0 Å². The zero-order chi connectivity index (χ0) is 15.5. The Balaban J connectivity index is 1.99. The molecule has 0 aromatic heterocycles. The van der Waals surface area contributed by atoms with E-state index in [-0.39, 0.29) is 22.3 Å². The fourth-order valence-electron chi connectivity index (χ4n) is 2.24. The summed E-state index contributed by atoms with van der Waals surface area (Å²) in [7, 11) is -1.51. The molecule has 1 aliphatic heterocycles. The van der Waals surface area contributed by atoms with Crippen molar-refractivity contribution in [2.45, 2.75) is 17.4 Å². The van der Waals surface area contributed by atoms with Crippen LogP contribution < -0.4 is 0 Å². The van der Waals surface area contributed by atoms with Gasteiger partial charge in [0.25, 0.3) is 0 Å². The monoisotopic (exact) mass is 313 g/mol. The molecule has 0 bridgehead atoms. The summed E-state index contributed by atoms with van der Waals surface area (Å²) in [6.45, 7) is 1.79. The van der Waals surface area contributed by atoms with Gasteiger partial charge in [0.05, 0.1) is 22.8 Å². The van der Waals surface area contributed by atoms with Crippen molar-refractivity contribution in [3.8, 4) is 0 Å². The molecule has 1 fully saturated rings. The molecule has 2 rings (SSSR count). The van der Waals surface area contributed by atoms with Gasteiger partial charge in [-0.1, -0.05) is 0 Å². The van der Waals surface area contributed by atoms with Crippen molar-refractivity contribution in [3.05, 3.63) is 29.8 Å². The molecule has 1 aromatic rings. The topological polar surface area (TPSA) is 83.9 Å². The number of carboxylic acid groups (broad SMARTS) is 1. The standard InChI is InChI=1S/C14H19NO5S/c1-15(12-6-8-20-10-12)7-9-21(18,19)13-4-2-11(3-5-13)14(16)17/h2-5,12H,6-10H2,1H3,(H,16,17). The Morgan fingerprint density at radius 1 is 1.38 bits per heavy atom. The summed E-state index contributed by atoms with van der Waals surface area (Å²) in [5.74, 6) is -1.06. The van der Waals surface area contributed by atoms with Crippen molar-refractivity contribution in [1.82, 2.24) is 4.90 Å². The van der Waals surface area contributed by atoms with Crippen molar-refractivity contribution in [2.75, 3.05) is 32.6 Å². The zero-order valence-electron chi connectivity index (χ0n) is 11.9. The summed E-state index contributed by atoms with van der Waals surface area (Å²) < 4.78 is 29.7. The largest absolute Gasteiger partial charge is 0.478 e. The first-order valence-electron chi connectivity index (χ1n) is 6.74. The number of benzene rings is 1. The average Bonchev–Trinajstić information content (AvgIpc) is 2.99. The number of carboxylic acids is 1. The van der Waals surface area contributed by atoms with Gasteiger partial charge in [-0.05, 0) is 37.7 Å². The fraction of sp³-hybridized carbons (Fsp3) is 0.500. The minimum Gasteiger partial charge on any atom is -0.478 e. The molecule has 1 saturated heterocycles. The third-order valence-electron chi connectivity index (χ3n) is 3.70. The molecule has 1 atom stereocenters. The molecular weight excluding hydrogens is 294 g/mol. The summed E-state index contributed by atoms with van der Waals surface area (Å²) in [6.07, 6.45) is 0.920. The highest BCUT2D eigenvalue weighted by Gasteiger charge is 2.22. The molecule has 6 nitrogen and oxygen atoms in total. The predicted octanol–water partition coefficient (Wildman–Crippen LogP) is 0.879. The van der Waals surface area contributed by atoms with E-state index < -0.39 is 15.8 Å². The Bertz CT molecular complexity index is 590. The lowest BCUT2D eigenvalue weighted by Gasteiger charge is -2.22. The second-order valence-electron chi connectivity index (χ2n) is 5.15. The first-order valence-corrected chi connectivity index (χ1v) is 8.39. The smallest absolute Gasteiger partial charge is 0.335 e. The van der Waals surface area contributed by atoms with Crippen molar-refractivity contribution < 1.29 is 23.1 Å². The highest BCUT2D eigenvalue weighted by atomic mass is 32.2. The Labute approximate surface area is 124 Å². The van der Waals surface area contributed by atoms with Gasteiger partial charge < -0.3 is 14.7 Å². The highest BCUT2D eigenvalue weighted by molar-refractivity contribution is 7.91. The quantitative estimate of drug-likeness (QED) is 0.839. The third-order valence-corrected chi connectivity index (χ3v) is 5.41. The maximum absolute atomic E-state index is 12.2. The molecule has 0 saturated carbocycles. The van der Waals surface area contributed by atoms with E-state index in [2.05, 4.69) is 0 Å². The zero-order valence-corrected chi connectivity index (χ0v) is 12.7. The van der Waals surface area contributed by atoms with Crippen LogP contribution >= 0.6 is 0 Å². The van der Waals surface area contributed by atoms with Gasteiger partial charge in [0.2, 0.25) is 0 Å². The normalized spacial score (nSPS) is 19.0. The highest BCUT2D eigenvalue weighted by Crippen LogP contribution is 2.15. The van der Waals surface area contributed by atoms with E-state index in [9.17, 15) is 13.2 Å². The van der Waals surface area contributed by atoms with Gasteiger partial charge in [-0.3, -0.25) is 0 Å². The molecule has 0 amide bonds. The molecule has 21 heavy (non-hydrogen) atoms. The molecule has 1 aliphatic rings. The first kappa shape index (κ1) is 15.9. The van der Waals surface area contributed by atoms with E-state index in [1.807, 2.05) is 11.9 Å². The van der Waals surface area contributed by atoms with E-state index in [4.69, 9.17) is 9.84 Å². The van der Waals surface area contributed by atoms with Crippen molar-refractivity contribution >= 4 is 15.8 Å². The van der Waals surface area contributed by atoms with Gasteiger partial charge >= 0.3 is 5.97 Å². The predicted molar refractivity (Wildman–Crippen MR) is 77.3 cm³/mol. The number of rotatable bonds is 6. The van der Waals surface area contributed by atoms with Gasteiger partial charge in [0, 0.05) is 19.2 Å². The summed E-state index contributed by atoms with van der Waals surface area (Å²) in [5.41, 5.74) is 0.0779. The number of ether oxygens (including phenoxy) is 1. The number of nitrogens with zero attached hydrogens (tertiary/aromatic N) is 1. The van der Waals surface area contributed by atoms with Crippen LogP contribution in [0.15, 0.2) is 29.2 Å². The molecule has 1 heterocycles. The van der Waals surface area contributed by atoms with Crippen molar-refractivity contribution in [2.24, 2.45) is 0 Å². The van der Waals surface area contributed by atoms with Crippen LogP contribution in [-0.4, -0.2) is 63.0 Å². The van der Waals surface area contributed by atoms with Crippen LogP contribution in [0.25, 0.3) is 0 Å².